The highest BCUT2D eigenvalue weighted by molar-refractivity contribution is 6.18. The fraction of sp³-hybridized carbons (Fsp3) is 0.448. The monoisotopic (exact) mass is 447 g/mol. The van der Waals surface area contributed by atoms with Gasteiger partial charge in [0.2, 0.25) is 5.78 Å². The predicted octanol–water partition coefficient (Wildman–Crippen LogP) is 7.01. The Hall–Kier alpha value is -2.88. The maximum Gasteiger partial charge on any atom is 0.339 e. The van der Waals surface area contributed by atoms with Crippen LogP contribution in [0.2, 0.25) is 0 Å². The van der Waals surface area contributed by atoms with E-state index in [-0.39, 0.29) is 11.8 Å². The molecule has 3 rings (SSSR count). The minimum Gasteiger partial charge on any atom is -0.462 e. The van der Waals surface area contributed by atoms with Gasteiger partial charge in [0.05, 0.1) is 23.6 Å². The number of allylic oxidation sites excluding steroid dienone is 1. The molecule has 0 saturated heterocycles. The number of hydrogen-bond donors (Lipinski definition) is 0. The lowest BCUT2D eigenvalue weighted by Crippen LogP contribution is -2.12. The molecule has 0 spiro atoms. The van der Waals surface area contributed by atoms with Gasteiger partial charge in [0.25, 0.3) is 0 Å². The van der Waals surface area contributed by atoms with Crippen molar-refractivity contribution in [3.8, 4) is 0 Å². The van der Waals surface area contributed by atoms with Crippen LogP contribution in [0.3, 0.4) is 0 Å². The topological polar surface area (TPSA) is 48.3 Å². The highest BCUT2D eigenvalue weighted by Gasteiger charge is 2.29. The van der Waals surface area contributed by atoms with Crippen LogP contribution < -0.4 is 0 Å². The number of unbranched alkanes of at least 4 members (excludes halogenated alkanes) is 6. The van der Waals surface area contributed by atoms with Gasteiger partial charge in [-0.1, -0.05) is 89.3 Å². The molecular weight excluding hydrogens is 410 g/mol. The Morgan fingerprint density at radius 2 is 1.70 bits per heavy atom. The summed E-state index contributed by atoms with van der Waals surface area (Å²) in [5.41, 5.74) is 4.73. The van der Waals surface area contributed by atoms with Gasteiger partial charge in [-0.3, -0.25) is 4.79 Å². The molecule has 4 nitrogen and oxygen atoms in total. The molecule has 0 aliphatic carbocycles. The third kappa shape index (κ3) is 6.13. The number of aryl methyl sites for hydroxylation is 1. The van der Waals surface area contributed by atoms with Crippen LogP contribution in [0.15, 0.2) is 43.0 Å². The van der Waals surface area contributed by atoms with Crippen LogP contribution in [0.25, 0.3) is 11.6 Å². The normalized spacial score (nSPS) is 12.4. The Morgan fingerprint density at radius 1 is 1.00 bits per heavy atom. The Kier molecular flexibility index (Phi) is 9.29. The highest BCUT2D eigenvalue weighted by Crippen LogP contribution is 2.31. The number of carbonyl (C=O) groups excluding carboxylic acids is 2. The number of benzene rings is 1. The lowest BCUT2D eigenvalue weighted by molar-refractivity contribution is -0.136. The predicted molar refractivity (Wildman–Crippen MR) is 135 cm³/mol. The number of fused-ring (bicyclic) bond motifs is 1. The van der Waals surface area contributed by atoms with Crippen LogP contribution in [0.5, 0.6) is 0 Å². The Morgan fingerprint density at radius 3 is 2.39 bits per heavy atom. The van der Waals surface area contributed by atoms with Crippen molar-refractivity contribution >= 4 is 23.4 Å². The Balaban J connectivity index is 1.73. The SMILES string of the molecule is C=Cc1ccc(C(=O)c2c(CCCC)cc3n2CC=C3C(=O)OCCCCCCCC)cc1. The summed E-state index contributed by atoms with van der Waals surface area (Å²) in [6.45, 7) is 9.10. The third-order valence-corrected chi connectivity index (χ3v) is 6.30. The fourth-order valence-corrected chi connectivity index (χ4v) is 4.35. The first kappa shape index (κ1) is 24.8. The molecule has 2 aromatic rings. The number of hydrogen-bond acceptors (Lipinski definition) is 3. The average Bonchev–Trinajstić information content (AvgIpc) is 3.40. The number of nitrogens with zero attached hydrogens (tertiary/aromatic N) is 1. The van der Waals surface area contributed by atoms with E-state index in [2.05, 4.69) is 20.4 Å². The number of ether oxygens (including phenoxy) is 1. The first-order valence-electron chi connectivity index (χ1n) is 12.5. The van der Waals surface area contributed by atoms with Crippen LogP contribution in [0.4, 0.5) is 0 Å². The van der Waals surface area contributed by atoms with E-state index in [9.17, 15) is 9.59 Å². The van der Waals surface area contributed by atoms with Gasteiger partial charge in [-0.15, -0.1) is 0 Å². The molecule has 0 atom stereocenters. The quantitative estimate of drug-likeness (QED) is 0.178. The van der Waals surface area contributed by atoms with Gasteiger partial charge >= 0.3 is 5.97 Å². The number of rotatable bonds is 14. The van der Waals surface area contributed by atoms with E-state index in [0.717, 1.165) is 48.9 Å². The molecule has 0 unspecified atom stereocenters. The third-order valence-electron chi connectivity index (χ3n) is 6.30. The molecule has 0 amide bonds. The highest BCUT2D eigenvalue weighted by atomic mass is 16.5. The molecule has 0 bridgehead atoms. The first-order valence-corrected chi connectivity index (χ1v) is 12.5. The fourth-order valence-electron chi connectivity index (χ4n) is 4.35. The van der Waals surface area contributed by atoms with Crippen LogP contribution in [-0.4, -0.2) is 22.9 Å². The summed E-state index contributed by atoms with van der Waals surface area (Å²) in [4.78, 5) is 26.3. The van der Waals surface area contributed by atoms with E-state index in [1.54, 1.807) is 6.08 Å². The maximum absolute atomic E-state index is 13.5. The van der Waals surface area contributed by atoms with Crippen molar-refractivity contribution in [2.24, 2.45) is 0 Å². The van der Waals surface area contributed by atoms with Crippen LogP contribution >= 0.6 is 0 Å². The smallest absolute Gasteiger partial charge is 0.339 e. The summed E-state index contributed by atoms with van der Waals surface area (Å²) in [7, 11) is 0. The number of carbonyl (C=O) groups is 2. The van der Waals surface area contributed by atoms with E-state index >= 15 is 0 Å². The van der Waals surface area contributed by atoms with E-state index in [1.807, 2.05) is 41.0 Å². The largest absolute Gasteiger partial charge is 0.462 e. The zero-order valence-electron chi connectivity index (χ0n) is 20.2. The number of ketones is 1. The molecule has 1 aliphatic rings. The van der Waals surface area contributed by atoms with Gasteiger partial charge < -0.3 is 9.30 Å². The second-order valence-corrected chi connectivity index (χ2v) is 8.79. The van der Waals surface area contributed by atoms with Crippen LogP contribution in [0.1, 0.15) is 98.1 Å². The van der Waals surface area contributed by atoms with Gasteiger partial charge in [0.1, 0.15) is 0 Å². The number of aromatic nitrogens is 1. The molecule has 0 radical (unpaired) electrons. The van der Waals surface area contributed by atoms with E-state index in [4.69, 9.17) is 4.74 Å². The van der Waals surface area contributed by atoms with Crippen LogP contribution in [-0.2, 0) is 22.5 Å². The molecule has 1 aliphatic heterocycles. The molecule has 1 aromatic carbocycles. The summed E-state index contributed by atoms with van der Waals surface area (Å²) < 4.78 is 7.56. The summed E-state index contributed by atoms with van der Waals surface area (Å²) in [6.07, 6.45) is 13.4. The maximum atomic E-state index is 13.5. The molecule has 0 fully saturated rings. The van der Waals surface area contributed by atoms with Gasteiger partial charge in [-0.05, 0) is 42.5 Å². The molecule has 2 heterocycles. The molecular formula is C29H37NO3. The first-order chi connectivity index (χ1) is 16.1. The lowest BCUT2D eigenvalue weighted by Gasteiger charge is -2.09. The summed E-state index contributed by atoms with van der Waals surface area (Å²) in [6, 6.07) is 9.53. The molecule has 0 saturated carbocycles. The molecule has 33 heavy (non-hydrogen) atoms. The molecule has 1 aromatic heterocycles. The minimum atomic E-state index is -0.281. The van der Waals surface area contributed by atoms with Gasteiger partial charge in [-0.25, -0.2) is 4.79 Å². The van der Waals surface area contributed by atoms with Crippen molar-refractivity contribution in [1.82, 2.24) is 4.57 Å². The zero-order chi connectivity index (χ0) is 23.6. The molecule has 0 N–H and O–H groups in total. The summed E-state index contributed by atoms with van der Waals surface area (Å²) in [5.74, 6) is -0.283. The van der Waals surface area contributed by atoms with Crippen molar-refractivity contribution in [2.75, 3.05) is 6.61 Å². The minimum absolute atomic E-state index is 0.00179. The molecule has 4 heteroatoms. The van der Waals surface area contributed by atoms with Gasteiger partial charge in [0.15, 0.2) is 0 Å². The Bertz CT molecular complexity index is 995. The van der Waals surface area contributed by atoms with Crippen molar-refractivity contribution in [2.45, 2.75) is 78.2 Å². The van der Waals surface area contributed by atoms with Crippen LogP contribution in [0, 0.1) is 0 Å². The average molecular weight is 448 g/mol. The summed E-state index contributed by atoms with van der Waals surface area (Å²) >= 11 is 0. The second-order valence-electron chi connectivity index (χ2n) is 8.79. The van der Waals surface area contributed by atoms with Crippen molar-refractivity contribution < 1.29 is 14.3 Å². The van der Waals surface area contributed by atoms with Crippen molar-refractivity contribution in [1.29, 1.82) is 0 Å². The van der Waals surface area contributed by atoms with E-state index in [0.29, 0.717) is 30.0 Å². The van der Waals surface area contributed by atoms with Gasteiger partial charge in [0, 0.05) is 12.1 Å². The standard InChI is InChI=1S/C29H37NO3/c1-4-7-9-10-11-12-20-33-29(32)25-18-19-30-26(25)21-24(13-8-5-2)27(30)28(31)23-16-14-22(6-3)15-17-23/h6,14-18,21H,3-5,7-13,19-20H2,1-2H3. The Labute approximate surface area is 198 Å². The van der Waals surface area contributed by atoms with E-state index < -0.39 is 0 Å². The lowest BCUT2D eigenvalue weighted by atomic mass is 10.0. The van der Waals surface area contributed by atoms with E-state index in [1.165, 1.54) is 25.7 Å². The van der Waals surface area contributed by atoms with Gasteiger partial charge in [-0.2, -0.15) is 0 Å². The molecule has 176 valence electrons. The second kappa shape index (κ2) is 12.4. The zero-order valence-corrected chi connectivity index (χ0v) is 20.2. The van der Waals surface area contributed by atoms with Crippen molar-refractivity contribution in [3.05, 3.63) is 71.1 Å². The van der Waals surface area contributed by atoms with Crippen molar-refractivity contribution in [3.63, 3.8) is 0 Å². The summed E-state index contributed by atoms with van der Waals surface area (Å²) in [5, 5.41) is 0. The number of esters is 1.